The molecule has 0 aromatic heterocycles. The van der Waals surface area contributed by atoms with Crippen LogP contribution >= 0.6 is 0 Å². The first-order valence-corrected chi connectivity index (χ1v) is 8.36. The highest BCUT2D eigenvalue weighted by molar-refractivity contribution is 5.15. The van der Waals surface area contributed by atoms with Gasteiger partial charge in [0.1, 0.15) is 0 Å². The largest absolute Gasteiger partial charge is 0.312 e. The molecule has 1 nitrogen and oxygen atoms in total. The first-order chi connectivity index (χ1) is 9.57. The van der Waals surface area contributed by atoms with Gasteiger partial charge in [0.05, 0.1) is 0 Å². The zero-order valence-corrected chi connectivity index (χ0v) is 13.9. The summed E-state index contributed by atoms with van der Waals surface area (Å²) in [6, 6.07) is 10.8. The van der Waals surface area contributed by atoms with Gasteiger partial charge in [0.2, 0.25) is 0 Å². The van der Waals surface area contributed by atoms with Crippen LogP contribution in [0.4, 0.5) is 0 Å². The van der Waals surface area contributed by atoms with Gasteiger partial charge in [0.15, 0.2) is 0 Å². The Balaban J connectivity index is 2.32. The summed E-state index contributed by atoms with van der Waals surface area (Å²) < 4.78 is 0. The molecule has 0 saturated heterocycles. The zero-order chi connectivity index (χ0) is 14.8. The normalized spacial score (nSPS) is 13.4. The number of aryl methyl sites for hydroxylation is 1. The fraction of sp³-hybridized carbons (Fsp3) is 0.684. The Labute approximate surface area is 126 Å². The molecule has 0 radical (unpaired) electrons. The van der Waals surface area contributed by atoms with Crippen LogP contribution < -0.4 is 5.32 Å². The van der Waals surface area contributed by atoms with Crippen molar-refractivity contribution in [2.45, 2.75) is 71.8 Å². The van der Waals surface area contributed by atoms with Gasteiger partial charge in [0, 0.05) is 5.54 Å². The summed E-state index contributed by atoms with van der Waals surface area (Å²) in [5, 5.41) is 3.79. The van der Waals surface area contributed by atoms with Gasteiger partial charge in [-0.15, -0.1) is 0 Å². The van der Waals surface area contributed by atoms with Gasteiger partial charge in [-0.05, 0) is 51.1 Å². The van der Waals surface area contributed by atoms with E-state index in [1.54, 1.807) is 0 Å². The van der Waals surface area contributed by atoms with Crippen LogP contribution in [0.25, 0.3) is 0 Å². The molecular formula is C19H33N. The molecule has 0 bridgehead atoms. The molecule has 114 valence electrons. The second-order valence-corrected chi connectivity index (χ2v) is 6.67. The topological polar surface area (TPSA) is 12.0 Å². The standard InChI is InChI=1S/C19H33N/c1-5-7-11-17(6-2)16-20-19(3,4)15-14-18-12-9-8-10-13-18/h8-10,12-13,17,20H,5-7,11,14-16H2,1-4H3. The third kappa shape index (κ3) is 7.09. The molecule has 1 heteroatoms. The van der Waals surface area contributed by atoms with Gasteiger partial charge in [0.25, 0.3) is 0 Å². The van der Waals surface area contributed by atoms with Crippen molar-refractivity contribution in [3.63, 3.8) is 0 Å². The monoisotopic (exact) mass is 275 g/mol. The minimum absolute atomic E-state index is 0.232. The number of hydrogen-bond acceptors (Lipinski definition) is 1. The lowest BCUT2D eigenvalue weighted by molar-refractivity contribution is 0.313. The van der Waals surface area contributed by atoms with Crippen LogP contribution in [0, 0.1) is 5.92 Å². The van der Waals surface area contributed by atoms with E-state index in [0.29, 0.717) is 0 Å². The molecule has 1 unspecified atom stereocenters. The second kappa shape index (κ2) is 9.18. The molecule has 1 rings (SSSR count). The second-order valence-electron chi connectivity index (χ2n) is 6.67. The highest BCUT2D eigenvalue weighted by atomic mass is 15.0. The van der Waals surface area contributed by atoms with Crippen molar-refractivity contribution < 1.29 is 0 Å². The molecule has 0 aliphatic heterocycles. The van der Waals surface area contributed by atoms with Crippen molar-refractivity contribution >= 4 is 0 Å². The molecule has 1 aromatic carbocycles. The minimum atomic E-state index is 0.232. The van der Waals surface area contributed by atoms with Gasteiger partial charge >= 0.3 is 0 Å². The SMILES string of the molecule is CCCCC(CC)CNC(C)(C)CCc1ccccc1. The molecule has 20 heavy (non-hydrogen) atoms. The summed E-state index contributed by atoms with van der Waals surface area (Å²) >= 11 is 0. The van der Waals surface area contributed by atoms with E-state index in [1.807, 2.05) is 0 Å². The fourth-order valence-corrected chi connectivity index (χ4v) is 2.55. The summed E-state index contributed by atoms with van der Waals surface area (Å²) in [7, 11) is 0. The van der Waals surface area contributed by atoms with E-state index < -0.39 is 0 Å². The lowest BCUT2D eigenvalue weighted by Gasteiger charge is -2.29. The third-order valence-corrected chi connectivity index (χ3v) is 4.29. The smallest absolute Gasteiger partial charge is 0.0128 e. The summed E-state index contributed by atoms with van der Waals surface area (Å²) in [4.78, 5) is 0. The van der Waals surface area contributed by atoms with Crippen molar-refractivity contribution in [1.82, 2.24) is 5.32 Å². The molecule has 0 aliphatic carbocycles. The van der Waals surface area contributed by atoms with Gasteiger partial charge in [-0.1, -0.05) is 63.4 Å². The number of nitrogens with one attached hydrogen (secondary N) is 1. The summed E-state index contributed by atoms with van der Waals surface area (Å²) in [5.41, 5.74) is 1.68. The third-order valence-electron chi connectivity index (χ3n) is 4.29. The quantitative estimate of drug-likeness (QED) is 0.618. The Hall–Kier alpha value is -0.820. The van der Waals surface area contributed by atoms with Gasteiger partial charge in [-0.25, -0.2) is 0 Å². The van der Waals surface area contributed by atoms with E-state index in [-0.39, 0.29) is 5.54 Å². The van der Waals surface area contributed by atoms with E-state index in [0.717, 1.165) is 18.9 Å². The van der Waals surface area contributed by atoms with Gasteiger partial charge in [-0.3, -0.25) is 0 Å². The first kappa shape index (κ1) is 17.2. The highest BCUT2D eigenvalue weighted by Gasteiger charge is 2.18. The van der Waals surface area contributed by atoms with Crippen LogP contribution in [0.3, 0.4) is 0 Å². The van der Waals surface area contributed by atoms with Crippen molar-refractivity contribution in [2.75, 3.05) is 6.54 Å². The molecule has 0 aliphatic rings. The van der Waals surface area contributed by atoms with Crippen molar-refractivity contribution in [2.24, 2.45) is 5.92 Å². The minimum Gasteiger partial charge on any atom is -0.312 e. The number of benzene rings is 1. The highest BCUT2D eigenvalue weighted by Crippen LogP contribution is 2.17. The van der Waals surface area contributed by atoms with Crippen LogP contribution in [0.2, 0.25) is 0 Å². The van der Waals surface area contributed by atoms with E-state index in [4.69, 9.17) is 0 Å². The Kier molecular flexibility index (Phi) is 7.91. The molecular weight excluding hydrogens is 242 g/mol. The maximum Gasteiger partial charge on any atom is 0.0128 e. The number of rotatable bonds is 10. The van der Waals surface area contributed by atoms with E-state index >= 15 is 0 Å². The maximum atomic E-state index is 3.79. The van der Waals surface area contributed by atoms with Crippen LogP contribution in [0.15, 0.2) is 30.3 Å². The van der Waals surface area contributed by atoms with Crippen LogP contribution in [-0.4, -0.2) is 12.1 Å². The number of hydrogen-bond donors (Lipinski definition) is 1. The molecule has 1 atom stereocenters. The average Bonchev–Trinajstić information content (AvgIpc) is 2.47. The zero-order valence-electron chi connectivity index (χ0n) is 13.9. The summed E-state index contributed by atoms with van der Waals surface area (Å²) in [6.45, 7) is 10.4. The van der Waals surface area contributed by atoms with E-state index in [9.17, 15) is 0 Å². The Bertz CT molecular complexity index is 342. The molecule has 1 N–H and O–H groups in total. The maximum absolute atomic E-state index is 3.79. The Morgan fingerprint density at radius 2 is 1.80 bits per heavy atom. The van der Waals surface area contributed by atoms with Crippen molar-refractivity contribution in [3.8, 4) is 0 Å². The predicted octanol–water partition coefficient (Wildman–Crippen LogP) is 5.20. The van der Waals surface area contributed by atoms with Crippen LogP contribution in [0.1, 0.15) is 65.4 Å². The van der Waals surface area contributed by atoms with Gasteiger partial charge in [-0.2, -0.15) is 0 Å². The molecule has 0 saturated carbocycles. The van der Waals surface area contributed by atoms with Crippen molar-refractivity contribution in [3.05, 3.63) is 35.9 Å². The molecule has 0 fully saturated rings. The van der Waals surface area contributed by atoms with Crippen LogP contribution in [-0.2, 0) is 6.42 Å². The van der Waals surface area contributed by atoms with Crippen molar-refractivity contribution in [1.29, 1.82) is 0 Å². The van der Waals surface area contributed by atoms with Crippen LogP contribution in [0.5, 0.6) is 0 Å². The molecule has 1 aromatic rings. The Morgan fingerprint density at radius 3 is 2.40 bits per heavy atom. The van der Waals surface area contributed by atoms with E-state index in [2.05, 4.69) is 63.3 Å². The average molecular weight is 275 g/mol. The lowest BCUT2D eigenvalue weighted by Crippen LogP contribution is -2.42. The summed E-state index contributed by atoms with van der Waals surface area (Å²) in [5.74, 6) is 0.839. The fourth-order valence-electron chi connectivity index (χ4n) is 2.55. The lowest BCUT2D eigenvalue weighted by atomic mass is 9.93. The number of unbranched alkanes of at least 4 members (excludes halogenated alkanes) is 1. The molecule has 0 spiro atoms. The first-order valence-electron chi connectivity index (χ1n) is 8.36. The molecule has 0 heterocycles. The van der Waals surface area contributed by atoms with Gasteiger partial charge < -0.3 is 5.32 Å². The predicted molar refractivity (Wildman–Crippen MR) is 90.2 cm³/mol. The van der Waals surface area contributed by atoms with E-state index in [1.165, 1.54) is 37.7 Å². The Morgan fingerprint density at radius 1 is 1.10 bits per heavy atom. The molecule has 0 amide bonds. The summed E-state index contributed by atoms with van der Waals surface area (Å²) in [6.07, 6.45) is 7.70.